The van der Waals surface area contributed by atoms with E-state index in [0.29, 0.717) is 11.0 Å². The van der Waals surface area contributed by atoms with Crippen molar-refractivity contribution in [2.75, 3.05) is 0 Å². The van der Waals surface area contributed by atoms with Crippen LogP contribution in [-0.4, -0.2) is 11.6 Å². The van der Waals surface area contributed by atoms with E-state index in [9.17, 15) is 9.18 Å². The lowest BCUT2D eigenvalue weighted by Crippen LogP contribution is -2.23. The van der Waals surface area contributed by atoms with E-state index in [-0.39, 0.29) is 11.6 Å². The molecular weight excluding hydrogens is 223 g/mol. The zero-order chi connectivity index (χ0) is 12.6. The van der Waals surface area contributed by atoms with Gasteiger partial charge in [0.05, 0.1) is 0 Å². The van der Waals surface area contributed by atoms with E-state index in [1.54, 1.807) is 20.8 Å². The highest BCUT2D eigenvalue weighted by molar-refractivity contribution is 5.92. The molecule has 90 valence electrons. The molecule has 0 saturated heterocycles. The number of furan rings is 1. The minimum Gasteiger partial charge on any atom is -0.454 e. The van der Waals surface area contributed by atoms with Crippen LogP contribution >= 0.6 is 0 Å². The SMILES string of the molecule is CC(C)(C)OC(=O)c1cc2cc(F)ccc2o1. The van der Waals surface area contributed by atoms with Crippen molar-refractivity contribution in [2.24, 2.45) is 0 Å². The number of carbonyl (C=O) groups is 1. The van der Waals surface area contributed by atoms with Crippen LogP contribution in [0.4, 0.5) is 4.39 Å². The van der Waals surface area contributed by atoms with Gasteiger partial charge in [-0.05, 0) is 45.0 Å². The molecule has 2 rings (SSSR count). The Bertz CT molecular complexity index is 564. The zero-order valence-electron chi connectivity index (χ0n) is 9.91. The van der Waals surface area contributed by atoms with E-state index in [1.165, 1.54) is 24.3 Å². The van der Waals surface area contributed by atoms with Crippen molar-refractivity contribution in [3.05, 3.63) is 35.8 Å². The van der Waals surface area contributed by atoms with E-state index in [2.05, 4.69) is 0 Å². The van der Waals surface area contributed by atoms with Gasteiger partial charge in [0.25, 0.3) is 0 Å². The van der Waals surface area contributed by atoms with Crippen LogP contribution in [0.25, 0.3) is 11.0 Å². The second kappa shape index (κ2) is 3.87. The molecule has 0 bridgehead atoms. The van der Waals surface area contributed by atoms with Gasteiger partial charge >= 0.3 is 5.97 Å². The van der Waals surface area contributed by atoms with Crippen LogP contribution in [0.1, 0.15) is 31.3 Å². The molecule has 1 aromatic heterocycles. The molecule has 0 unspecified atom stereocenters. The largest absolute Gasteiger partial charge is 0.454 e. The van der Waals surface area contributed by atoms with E-state index in [1.807, 2.05) is 0 Å². The highest BCUT2D eigenvalue weighted by Crippen LogP contribution is 2.22. The fraction of sp³-hybridized carbons (Fsp3) is 0.308. The third-order valence-electron chi connectivity index (χ3n) is 2.08. The van der Waals surface area contributed by atoms with Crippen LogP contribution in [0.3, 0.4) is 0 Å². The number of halogens is 1. The predicted molar refractivity (Wildman–Crippen MR) is 61.3 cm³/mol. The molecule has 0 aliphatic carbocycles. The van der Waals surface area contributed by atoms with Gasteiger partial charge in [0.1, 0.15) is 17.0 Å². The fourth-order valence-electron chi connectivity index (χ4n) is 1.44. The molecule has 17 heavy (non-hydrogen) atoms. The second-order valence-corrected chi connectivity index (χ2v) is 4.79. The molecule has 0 radical (unpaired) electrons. The number of ether oxygens (including phenoxy) is 1. The normalized spacial score (nSPS) is 11.8. The van der Waals surface area contributed by atoms with Gasteiger partial charge in [0, 0.05) is 5.39 Å². The Morgan fingerprint density at radius 3 is 2.65 bits per heavy atom. The summed E-state index contributed by atoms with van der Waals surface area (Å²) in [6.07, 6.45) is 0. The first-order valence-corrected chi connectivity index (χ1v) is 5.27. The number of carbonyl (C=O) groups excluding carboxylic acids is 1. The average molecular weight is 236 g/mol. The highest BCUT2D eigenvalue weighted by atomic mass is 19.1. The van der Waals surface area contributed by atoms with Crippen LogP contribution in [0.15, 0.2) is 28.7 Å². The van der Waals surface area contributed by atoms with Gasteiger partial charge in [-0.3, -0.25) is 0 Å². The molecule has 0 N–H and O–H groups in total. The highest BCUT2D eigenvalue weighted by Gasteiger charge is 2.21. The number of fused-ring (bicyclic) bond motifs is 1. The summed E-state index contributed by atoms with van der Waals surface area (Å²) < 4.78 is 23.4. The summed E-state index contributed by atoms with van der Waals surface area (Å²) in [6.45, 7) is 5.31. The van der Waals surface area contributed by atoms with Gasteiger partial charge in [0.15, 0.2) is 0 Å². The second-order valence-electron chi connectivity index (χ2n) is 4.79. The molecule has 0 aliphatic rings. The Balaban J connectivity index is 2.33. The number of rotatable bonds is 1. The molecule has 3 nitrogen and oxygen atoms in total. The van der Waals surface area contributed by atoms with Crippen molar-refractivity contribution in [3.8, 4) is 0 Å². The predicted octanol–water partition coefficient (Wildman–Crippen LogP) is 3.53. The van der Waals surface area contributed by atoms with Crippen LogP contribution in [-0.2, 0) is 4.74 Å². The maximum Gasteiger partial charge on any atom is 0.374 e. The third kappa shape index (κ3) is 2.64. The lowest BCUT2D eigenvalue weighted by atomic mass is 10.2. The molecule has 0 amide bonds. The average Bonchev–Trinajstić information content (AvgIpc) is 2.57. The van der Waals surface area contributed by atoms with Gasteiger partial charge in [-0.1, -0.05) is 0 Å². The lowest BCUT2D eigenvalue weighted by Gasteiger charge is -2.18. The first-order chi connectivity index (χ1) is 7.85. The molecule has 2 aromatic rings. The van der Waals surface area contributed by atoms with Crippen molar-refractivity contribution >= 4 is 16.9 Å². The van der Waals surface area contributed by atoms with Crippen LogP contribution < -0.4 is 0 Å². The third-order valence-corrected chi connectivity index (χ3v) is 2.08. The molecule has 1 heterocycles. The van der Waals surface area contributed by atoms with Crippen molar-refractivity contribution in [1.82, 2.24) is 0 Å². The topological polar surface area (TPSA) is 39.4 Å². The van der Waals surface area contributed by atoms with Crippen LogP contribution in [0.5, 0.6) is 0 Å². The van der Waals surface area contributed by atoms with Gasteiger partial charge in [0.2, 0.25) is 5.76 Å². The molecule has 0 aliphatic heterocycles. The molecular formula is C13H13FO3. The summed E-state index contributed by atoms with van der Waals surface area (Å²) >= 11 is 0. The molecule has 0 fully saturated rings. The smallest absolute Gasteiger partial charge is 0.374 e. The Morgan fingerprint density at radius 1 is 1.29 bits per heavy atom. The van der Waals surface area contributed by atoms with Crippen LogP contribution in [0, 0.1) is 5.82 Å². The quantitative estimate of drug-likeness (QED) is 0.711. The fourth-order valence-corrected chi connectivity index (χ4v) is 1.44. The van der Waals surface area contributed by atoms with Gasteiger partial charge in [-0.25, -0.2) is 9.18 Å². The summed E-state index contributed by atoms with van der Waals surface area (Å²) in [7, 11) is 0. The molecule has 1 aromatic carbocycles. The Hall–Kier alpha value is -1.84. The van der Waals surface area contributed by atoms with Gasteiger partial charge in [-0.15, -0.1) is 0 Å². The van der Waals surface area contributed by atoms with Gasteiger partial charge in [-0.2, -0.15) is 0 Å². The van der Waals surface area contributed by atoms with E-state index >= 15 is 0 Å². The first kappa shape index (κ1) is 11.6. The summed E-state index contributed by atoms with van der Waals surface area (Å²) in [5.41, 5.74) is -0.117. The minimum atomic E-state index is -0.582. The standard InChI is InChI=1S/C13H13FO3/c1-13(2,3)17-12(15)11-7-8-6-9(14)4-5-10(8)16-11/h4-7H,1-3H3. The molecule has 0 saturated carbocycles. The van der Waals surface area contributed by atoms with E-state index in [0.717, 1.165) is 0 Å². The summed E-state index contributed by atoms with van der Waals surface area (Å²) in [5.74, 6) is -0.830. The van der Waals surface area contributed by atoms with E-state index < -0.39 is 11.6 Å². The Morgan fingerprint density at radius 2 is 2.00 bits per heavy atom. The lowest BCUT2D eigenvalue weighted by molar-refractivity contribution is 0.00382. The maximum absolute atomic E-state index is 13.0. The van der Waals surface area contributed by atoms with Crippen molar-refractivity contribution in [1.29, 1.82) is 0 Å². The Kier molecular flexibility index (Phi) is 2.65. The van der Waals surface area contributed by atoms with Crippen molar-refractivity contribution in [3.63, 3.8) is 0 Å². The van der Waals surface area contributed by atoms with Crippen LogP contribution in [0.2, 0.25) is 0 Å². The summed E-state index contributed by atoms with van der Waals surface area (Å²) in [4.78, 5) is 11.7. The number of hydrogen-bond donors (Lipinski definition) is 0. The summed E-state index contributed by atoms with van der Waals surface area (Å²) in [6, 6.07) is 5.56. The number of benzene rings is 1. The number of esters is 1. The van der Waals surface area contributed by atoms with Crippen molar-refractivity contribution in [2.45, 2.75) is 26.4 Å². The summed E-state index contributed by atoms with van der Waals surface area (Å²) in [5, 5.41) is 0.547. The molecule has 0 atom stereocenters. The Labute approximate surface area is 98.2 Å². The minimum absolute atomic E-state index is 0.0838. The van der Waals surface area contributed by atoms with Crippen molar-refractivity contribution < 1.29 is 18.3 Å². The molecule has 4 heteroatoms. The van der Waals surface area contributed by atoms with E-state index in [4.69, 9.17) is 9.15 Å². The number of hydrogen-bond acceptors (Lipinski definition) is 3. The first-order valence-electron chi connectivity index (χ1n) is 5.27. The molecule has 0 spiro atoms. The monoisotopic (exact) mass is 236 g/mol. The van der Waals surface area contributed by atoms with Gasteiger partial charge < -0.3 is 9.15 Å². The zero-order valence-corrected chi connectivity index (χ0v) is 9.91. The maximum atomic E-state index is 13.0.